The summed E-state index contributed by atoms with van der Waals surface area (Å²) in [5, 5.41) is 18.2. The van der Waals surface area contributed by atoms with Crippen molar-refractivity contribution in [3.63, 3.8) is 0 Å². The second-order valence-electron chi connectivity index (χ2n) is 6.10. The molecule has 2 atom stereocenters. The van der Waals surface area contributed by atoms with E-state index in [-0.39, 0.29) is 12.3 Å². The van der Waals surface area contributed by atoms with E-state index in [2.05, 4.69) is 6.92 Å². The molecule has 0 aromatic heterocycles. The van der Waals surface area contributed by atoms with Gasteiger partial charge in [0.2, 0.25) is 0 Å². The molecule has 0 radical (unpaired) electrons. The van der Waals surface area contributed by atoms with E-state index in [9.17, 15) is 14.7 Å². The van der Waals surface area contributed by atoms with Gasteiger partial charge >= 0.3 is 11.9 Å². The minimum atomic E-state index is -1.16. The average Bonchev–Trinajstić information content (AvgIpc) is 2.36. The highest BCUT2D eigenvalue weighted by molar-refractivity contribution is 5.81. The van der Waals surface area contributed by atoms with Crippen LogP contribution in [0.2, 0.25) is 0 Å². The van der Waals surface area contributed by atoms with Crippen LogP contribution in [0.15, 0.2) is 0 Å². The van der Waals surface area contributed by atoms with Gasteiger partial charge in [0, 0.05) is 0 Å². The van der Waals surface area contributed by atoms with E-state index in [0.29, 0.717) is 0 Å². The summed E-state index contributed by atoms with van der Waals surface area (Å²) in [4.78, 5) is 22.2. The topological polar surface area (TPSA) is 74.6 Å². The number of rotatable bonds is 12. The number of hydrogen-bond acceptors (Lipinski definition) is 2. The zero-order valence-electron chi connectivity index (χ0n) is 13.2. The van der Waals surface area contributed by atoms with E-state index in [1.807, 2.05) is 6.92 Å². The molecule has 0 fully saturated rings. The SMILES string of the molecule is CCCCCCCCCC(C)C(C)(CC(=O)O)C(=O)O. The molecule has 0 rings (SSSR count). The van der Waals surface area contributed by atoms with Crippen molar-refractivity contribution in [3.8, 4) is 0 Å². The molecule has 0 heterocycles. The van der Waals surface area contributed by atoms with E-state index < -0.39 is 17.4 Å². The lowest BCUT2D eigenvalue weighted by Crippen LogP contribution is -2.36. The third-order valence-corrected chi connectivity index (χ3v) is 4.34. The van der Waals surface area contributed by atoms with Crippen LogP contribution in [-0.2, 0) is 9.59 Å². The Morgan fingerprint density at radius 3 is 1.95 bits per heavy atom. The quantitative estimate of drug-likeness (QED) is 0.524. The number of carbonyl (C=O) groups is 2. The molecule has 0 aliphatic rings. The van der Waals surface area contributed by atoms with Crippen LogP contribution < -0.4 is 0 Å². The maximum absolute atomic E-state index is 11.3. The van der Waals surface area contributed by atoms with E-state index in [4.69, 9.17) is 5.11 Å². The molecule has 20 heavy (non-hydrogen) atoms. The lowest BCUT2D eigenvalue weighted by atomic mass is 9.73. The highest BCUT2D eigenvalue weighted by Gasteiger charge is 2.40. The van der Waals surface area contributed by atoms with Crippen molar-refractivity contribution in [1.82, 2.24) is 0 Å². The number of unbranched alkanes of at least 4 members (excludes halogenated alkanes) is 6. The Labute approximate surface area is 122 Å². The molecule has 118 valence electrons. The molecule has 4 nitrogen and oxygen atoms in total. The van der Waals surface area contributed by atoms with E-state index >= 15 is 0 Å². The van der Waals surface area contributed by atoms with Crippen molar-refractivity contribution in [2.75, 3.05) is 0 Å². The second-order valence-corrected chi connectivity index (χ2v) is 6.10. The maximum atomic E-state index is 11.3. The Bertz CT molecular complexity index is 301. The summed E-state index contributed by atoms with van der Waals surface area (Å²) in [6.45, 7) is 5.60. The first-order chi connectivity index (χ1) is 9.34. The molecule has 0 saturated carbocycles. The van der Waals surface area contributed by atoms with Crippen LogP contribution in [0, 0.1) is 11.3 Å². The molecule has 0 aliphatic heterocycles. The summed E-state index contributed by atoms with van der Waals surface area (Å²) in [7, 11) is 0. The summed E-state index contributed by atoms with van der Waals surface area (Å²) in [6, 6.07) is 0. The van der Waals surface area contributed by atoms with Gasteiger partial charge in [0.25, 0.3) is 0 Å². The molecule has 0 aromatic carbocycles. The maximum Gasteiger partial charge on any atom is 0.310 e. The number of aliphatic carboxylic acids is 2. The third-order valence-electron chi connectivity index (χ3n) is 4.34. The first-order valence-electron chi connectivity index (χ1n) is 7.79. The Kier molecular flexibility index (Phi) is 9.26. The largest absolute Gasteiger partial charge is 0.481 e. The van der Waals surface area contributed by atoms with Gasteiger partial charge in [-0.25, -0.2) is 0 Å². The highest BCUT2D eigenvalue weighted by Crippen LogP contribution is 2.35. The molecule has 0 saturated heterocycles. The van der Waals surface area contributed by atoms with Crippen LogP contribution in [0.4, 0.5) is 0 Å². The van der Waals surface area contributed by atoms with Crippen molar-refractivity contribution < 1.29 is 19.8 Å². The van der Waals surface area contributed by atoms with E-state index in [0.717, 1.165) is 19.3 Å². The number of carboxylic acids is 2. The fraction of sp³-hybridized carbons (Fsp3) is 0.875. The molecule has 2 unspecified atom stereocenters. The van der Waals surface area contributed by atoms with Crippen molar-refractivity contribution in [1.29, 1.82) is 0 Å². The van der Waals surface area contributed by atoms with Gasteiger partial charge in [0.15, 0.2) is 0 Å². The Morgan fingerprint density at radius 1 is 1.00 bits per heavy atom. The highest BCUT2D eigenvalue weighted by atomic mass is 16.4. The first kappa shape index (κ1) is 18.9. The molecular formula is C16H30O4. The lowest BCUT2D eigenvalue weighted by Gasteiger charge is -2.30. The Hall–Kier alpha value is -1.06. The summed E-state index contributed by atoms with van der Waals surface area (Å²) in [5.74, 6) is -2.16. The van der Waals surface area contributed by atoms with Gasteiger partial charge in [0.05, 0.1) is 11.8 Å². The van der Waals surface area contributed by atoms with E-state index in [1.54, 1.807) is 6.92 Å². The molecule has 0 spiro atoms. The summed E-state index contributed by atoms with van der Waals surface area (Å²) in [5.41, 5.74) is -1.16. The molecule has 0 aromatic rings. The lowest BCUT2D eigenvalue weighted by molar-refractivity contribution is -0.158. The predicted octanol–water partition coefficient (Wildman–Crippen LogP) is 4.33. The fourth-order valence-corrected chi connectivity index (χ4v) is 2.50. The molecule has 0 amide bonds. The van der Waals surface area contributed by atoms with Crippen molar-refractivity contribution in [3.05, 3.63) is 0 Å². The summed E-state index contributed by atoms with van der Waals surface area (Å²) in [6.07, 6.45) is 8.80. The van der Waals surface area contributed by atoms with Gasteiger partial charge in [-0.05, 0) is 19.3 Å². The zero-order chi connectivity index (χ0) is 15.6. The number of carboxylic acid groups (broad SMARTS) is 2. The van der Waals surface area contributed by atoms with Crippen LogP contribution in [0.25, 0.3) is 0 Å². The molecule has 0 bridgehead atoms. The monoisotopic (exact) mass is 286 g/mol. The van der Waals surface area contributed by atoms with Crippen LogP contribution in [0.5, 0.6) is 0 Å². The van der Waals surface area contributed by atoms with Crippen molar-refractivity contribution in [2.24, 2.45) is 11.3 Å². The van der Waals surface area contributed by atoms with Gasteiger partial charge in [-0.2, -0.15) is 0 Å². The third kappa shape index (κ3) is 6.92. The molecule has 2 N–H and O–H groups in total. The fourth-order valence-electron chi connectivity index (χ4n) is 2.50. The molecule has 0 aliphatic carbocycles. The van der Waals surface area contributed by atoms with Gasteiger partial charge in [-0.3, -0.25) is 9.59 Å². The smallest absolute Gasteiger partial charge is 0.310 e. The summed E-state index contributed by atoms with van der Waals surface area (Å²) >= 11 is 0. The van der Waals surface area contributed by atoms with E-state index in [1.165, 1.54) is 32.1 Å². The number of hydrogen-bond donors (Lipinski definition) is 2. The van der Waals surface area contributed by atoms with Crippen LogP contribution in [0.3, 0.4) is 0 Å². The normalized spacial score (nSPS) is 15.6. The Balaban J connectivity index is 4.06. The zero-order valence-corrected chi connectivity index (χ0v) is 13.2. The molecule has 4 heteroatoms. The standard InChI is InChI=1S/C16H30O4/c1-4-5-6-7-8-9-10-11-13(2)16(3,15(19)20)12-14(17)18/h13H,4-12H2,1-3H3,(H,17,18)(H,19,20). The summed E-state index contributed by atoms with van der Waals surface area (Å²) < 4.78 is 0. The van der Waals surface area contributed by atoms with Crippen LogP contribution in [0.1, 0.15) is 78.6 Å². The average molecular weight is 286 g/mol. The minimum absolute atomic E-state index is 0.119. The van der Waals surface area contributed by atoms with Gasteiger partial charge in [0.1, 0.15) is 0 Å². The van der Waals surface area contributed by atoms with Gasteiger partial charge in [-0.15, -0.1) is 0 Å². The van der Waals surface area contributed by atoms with Gasteiger partial charge < -0.3 is 10.2 Å². The van der Waals surface area contributed by atoms with Crippen LogP contribution in [-0.4, -0.2) is 22.2 Å². The second kappa shape index (κ2) is 9.78. The Morgan fingerprint density at radius 2 is 1.50 bits per heavy atom. The van der Waals surface area contributed by atoms with Crippen molar-refractivity contribution >= 4 is 11.9 Å². The van der Waals surface area contributed by atoms with Gasteiger partial charge in [-0.1, -0.05) is 58.8 Å². The molecular weight excluding hydrogens is 256 g/mol. The van der Waals surface area contributed by atoms with Crippen molar-refractivity contribution in [2.45, 2.75) is 78.6 Å². The van der Waals surface area contributed by atoms with Crippen LogP contribution >= 0.6 is 0 Å². The minimum Gasteiger partial charge on any atom is -0.481 e. The predicted molar refractivity (Wildman–Crippen MR) is 79.8 cm³/mol. The first-order valence-corrected chi connectivity index (χ1v) is 7.79.